The molecule has 0 aromatic heterocycles. The fourth-order valence-corrected chi connectivity index (χ4v) is 4.54. The van der Waals surface area contributed by atoms with E-state index in [1.165, 1.54) is 19.1 Å². The number of likely N-dealkylation sites (tertiary alicyclic amines) is 1. The van der Waals surface area contributed by atoms with Gasteiger partial charge in [0, 0.05) is 19.0 Å². The van der Waals surface area contributed by atoms with Gasteiger partial charge in [-0.05, 0) is 43.9 Å². The van der Waals surface area contributed by atoms with Gasteiger partial charge in [0.15, 0.2) is 5.75 Å². The second-order valence-corrected chi connectivity index (χ2v) is 8.95. The summed E-state index contributed by atoms with van der Waals surface area (Å²) in [6, 6.07) is 14.1. The topological polar surface area (TPSA) is 116 Å². The molecule has 8 heteroatoms. The van der Waals surface area contributed by atoms with Gasteiger partial charge in [-0.25, -0.2) is 0 Å². The van der Waals surface area contributed by atoms with Crippen LogP contribution in [0.5, 0.6) is 5.75 Å². The molecule has 3 aromatic carbocycles. The SMILES string of the molecule is CC[C@@H](Nc1c(Nc2cccc(C(=O)N3CCCC(C(C)=O)C3)c2O)c(=O)c1=O)c1ccccc1. The standard InChI is InChI=1S/C27H29N3O5/c1-3-20(17-9-5-4-6-10-17)28-22-23(26(34)25(22)33)29-21-13-7-12-19(24(21)32)27(35)30-14-8-11-18(15-30)16(2)31/h4-7,9-10,12-13,18,20,28-29,32H,3,8,11,14-15H2,1-2H3/t18?,20-/m1/s1. The Hall–Kier alpha value is -3.94. The number of rotatable bonds is 8. The van der Waals surface area contributed by atoms with Gasteiger partial charge < -0.3 is 20.6 Å². The number of nitrogens with zero attached hydrogens (tertiary/aromatic N) is 1. The van der Waals surface area contributed by atoms with Gasteiger partial charge in [-0.1, -0.05) is 43.3 Å². The lowest BCUT2D eigenvalue weighted by molar-refractivity contribution is -0.121. The Morgan fingerprint density at radius 1 is 1.06 bits per heavy atom. The maximum absolute atomic E-state index is 13.1. The molecule has 4 rings (SSSR count). The molecule has 0 bridgehead atoms. The molecule has 8 nitrogen and oxygen atoms in total. The zero-order valence-corrected chi connectivity index (χ0v) is 19.8. The van der Waals surface area contributed by atoms with E-state index in [1.54, 1.807) is 11.0 Å². The van der Waals surface area contributed by atoms with E-state index in [2.05, 4.69) is 10.6 Å². The summed E-state index contributed by atoms with van der Waals surface area (Å²) in [5.74, 6) is -0.847. The molecule has 1 fully saturated rings. The molecule has 1 aliphatic rings. The van der Waals surface area contributed by atoms with Crippen molar-refractivity contribution >= 4 is 28.8 Å². The number of hydrogen-bond acceptors (Lipinski definition) is 7. The highest BCUT2D eigenvalue weighted by molar-refractivity contribution is 5.99. The second kappa shape index (κ2) is 10.1. The first kappa shape index (κ1) is 24.2. The normalized spacial score (nSPS) is 16.6. The largest absolute Gasteiger partial charge is 0.505 e. The van der Waals surface area contributed by atoms with Crippen LogP contribution in [-0.4, -0.2) is 34.8 Å². The molecular formula is C27H29N3O5. The van der Waals surface area contributed by atoms with Crippen molar-refractivity contribution in [3.63, 3.8) is 0 Å². The Labute approximate surface area is 203 Å². The number of carbonyl (C=O) groups excluding carboxylic acids is 2. The van der Waals surface area contributed by atoms with Gasteiger partial charge in [0.1, 0.15) is 17.2 Å². The Bertz CT molecular complexity index is 1310. The molecule has 3 N–H and O–H groups in total. The quantitative estimate of drug-likeness (QED) is 0.336. The minimum absolute atomic E-state index is 0.0446. The highest BCUT2D eigenvalue weighted by Crippen LogP contribution is 2.34. The molecule has 1 amide bonds. The fraction of sp³-hybridized carbons (Fsp3) is 0.333. The molecule has 1 unspecified atom stereocenters. The molecule has 3 aromatic rings. The third-order valence-electron chi connectivity index (χ3n) is 6.65. The van der Waals surface area contributed by atoms with Crippen LogP contribution in [0.2, 0.25) is 0 Å². The number of Topliss-reactive ketones (excluding diaryl/α,β-unsaturated/α-hetero) is 1. The van der Waals surface area contributed by atoms with Gasteiger partial charge in [0.05, 0.1) is 17.3 Å². The lowest BCUT2D eigenvalue weighted by Gasteiger charge is -2.31. The van der Waals surface area contributed by atoms with Crippen molar-refractivity contribution in [2.75, 3.05) is 23.7 Å². The van der Waals surface area contributed by atoms with Crippen molar-refractivity contribution in [1.29, 1.82) is 0 Å². The number of anilines is 3. The van der Waals surface area contributed by atoms with Gasteiger partial charge in [-0.15, -0.1) is 0 Å². The van der Waals surface area contributed by atoms with Crippen LogP contribution in [0, 0.1) is 5.92 Å². The Balaban J connectivity index is 1.56. The van der Waals surface area contributed by atoms with Crippen molar-refractivity contribution in [2.24, 2.45) is 5.92 Å². The molecule has 2 atom stereocenters. The van der Waals surface area contributed by atoms with E-state index in [4.69, 9.17) is 0 Å². The molecular weight excluding hydrogens is 446 g/mol. The fourth-order valence-electron chi connectivity index (χ4n) is 4.54. The Kier molecular flexibility index (Phi) is 7.00. The third kappa shape index (κ3) is 4.82. The molecule has 35 heavy (non-hydrogen) atoms. The lowest BCUT2D eigenvalue weighted by Crippen LogP contribution is -2.42. The van der Waals surface area contributed by atoms with Crippen LogP contribution in [0.25, 0.3) is 0 Å². The van der Waals surface area contributed by atoms with Gasteiger partial charge >= 0.3 is 0 Å². The zero-order chi connectivity index (χ0) is 25.1. The van der Waals surface area contributed by atoms with Crippen LogP contribution in [0.3, 0.4) is 0 Å². The first-order valence-electron chi connectivity index (χ1n) is 11.8. The summed E-state index contributed by atoms with van der Waals surface area (Å²) >= 11 is 0. The van der Waals surface area contributed by atoms with Gasteiger partial charge in [0.2, 0.25) is 0 Å². The van der Waals surface area contributed by atoms with Crippen LogP contribution >= 0.6 is 0 Å². The highest BCUT2D eigenvalue weighted by Gasteiger charge is 2.29. The van der Waals surface area contributed by atoms with Crippen LogP contribution in [-0.2, 0) is 4.79 Å². The highest BCUT2D eigenvalue weighted by atomic mass is 16.3. The summed E-state index contributed by atoms with van der Waals surface area (Å²) in [4.78, 5) is 51.2. The van der Waals surface area contributed by atoms with E-state index in [9.17, 15) is 24.3 Å². The number of benzene rings is 2. The van der Waals surface area contributed by atoms with Crippen molar-refractivity contribution in [3.8, 4) is 5.75 Å². The van der Waals surface area contributed by atoms with Crippen molar-refractivity contribution < 1.29 is 14.7 Å². The molecule has 1 heterocycles. The van der Waals surface area contributed by atoms with E-state index < -0.39 is 10.9 Å². The number of hydrogen-bond donors (Lipinski definition) is 3. The summed E-state index contributed by atoms with van der Waals surface area (Å²) in [7, 11) is 0. The molecule has 0 saturated carbocycles. The molecule has 0 aliphatic carbocycles. The predicted molar refractivity (Wildman–Crippen MR) is 135 cm³/mol. The van der Waals surface area contributed by atoms with E-state index >= 15 is 0 Å². The number of piperidine rings is 1. The summed E-state index contributed by atoms with van der Waals surface area (Å²) in [5, 5.41) is 16.9. The average Bonchev–Trinajstić information content (AvgIpc) is 2.89. The van der Waals surface area contributed by atoms with E-state index in [-0.39, 0.29) is 52.0 Å². The molecule has 182 valence electrons. The maximum atomic E-state index is 13.1. The summed E-state index contributed by atoms with van der Waals surface area (Å²) < 4.78 is 0. The summed E-state index contributed by atoms with van der Waals surface area (Å²) in [6.45, 7) is 4.32. The van der Waals surface area contributed by atoms with Crippen LogP contribution < -0.4 is 21.5 Å². The predicted octanol–water partition coefficient (Wildman–Crippen LogP) is 3.74. The zero-order valence-electron chi connectivity index (χ0n) is 19.8. The minimum atomic E-state index is -0.688. The average molecular weight is 476 g/mol. The monoisotopic (exact) mass is 475 g/mol. The van der Waals surface area contributed by atoms with Gasteiger partial charge in [0.25, 0.3) is 16.8 Å². The first-order valence-corrected chi connectivity index (χ1v) is 11.8. The Morgan fingerprint density at radius 2 is 1.77 bits per heavy atom. The summed E-state index contributed by atoms with van der Waals surface area (Å²) in [5.41, 5.74) is 0.0991. The van der Waals surface area contributed by atoms with E-state index in [1.807, 2.05) is 37.3 Å². The smallest absolute Gasteiger partial charge is 0.257 e. The molecule has 0 spiro atoms. The van der Waals surface area contributed by atoms with Gasteiger partial charge in [-0.2, -0.15) is 0 Å². The van der Waals surface area contributed by atoms with Crippen LogP contribution in [0.4, 0.5) is 17.1 Å². The van der Waals surface area contributed by atoms with Crippen molar-refractivity contribution in [3.05, 3.63) is 80.1 Å². The lowest BCUT2D eigenvalue weighted by atomic mass is 9.94. The molecule has 1 aliphatic heterocycles. The van der Waals surface area contributed by atoms with Crippen LogP contribution in [0.15, 0.2) is 58.1 Å². The number of phenols is 1. The first-order chi connectivity index (χ1) is 16.8. The number of nitrogens with one attached hydrogen (secondary N) is 2. The molecule has 0 radical (unpaired) electrons. The number of ketones is 1. The number of phenolic OH excluding ortho intramolecular Hbond substituents is 1. The van der Waals surface area contributed by atoms with E-state index in [0.717, 1.165) is 12.0 Å². The third-order valence-corrected chi connectivity index (χ3v) is 6.65. The number of carbonyl (C=O) groups is 2. The second-order valence-electron chi connectivity index (χ2n) is 8.95. The number of aromatic hydroxyl groups is 1. The van der Waals surface area contributed by atoms with Crippen molar-refractivity contribution in [1.82, 2.24) is 4.90 Å². The minimum Gasteiger partial charge on any atom is -0.505 e. The molecule has 1 saturated heterocycles. The maximum Gasteiger partial charge on any atom is 0.257 e. The number of para-hydroxylation sites is 1. The van der Waals surface area contributed by atoms with E-state index in [0.29, 0.717) is 25.9 Å². The van der Waals surface area contributed by atoms with Crippen LogP contribution in [0.1, 0.15) is 55.1 Å². The number of amides is 1. The Morgan fingerprint density at radius 3 is 2.46 bits per heavy atom. The van der Waals surface area contributed by atoms with Gasteiger partial charge in [-0.3, -0.25) is 19.2 Å². The van der Waals surface area contributed by atoms with Crippen molar-refractivity contribution in [2.45, 2.75) is 39.2 Å². The summed E-state index contributed by atoms with van der Waals surface area (Å²) in [6.07, 6.45) is 2.15.